The number of nitrogen functional groups attached to an aromatic ring is 1. The lowest BCUT2D eigenvalue weighted by atomic mass is 9.93. The van der Waals surface area contributed by atoms with Crippen LogP contribution in [0.2, 0.25) is 0 Å². The van der Waals surface area contributed by atoms with Crippen LogP contribution in [0.1, 0.15) is 20.8 Å². The van der Waals surface area contributed by atoms with Crippen LogP contribution in [0.3, 0.4) is 0 Å². The topological polar surface area (TPSA) is 98.3 Å². The number of aromatic nitrogens is 2. The average Bonchev–Trinajstić information content (AvgIpc) is 3.13. The van der Waals surface area contributed by atoms with Gasteiger partial charge in [0.25, 0.3) is 0 Å². The van der Waals surface area contributed by atoms with Gasteiger partial charge in [0.05, 0.1) is 16.6 Å². The molecule has 8 heteroatoms. The van der Waals surface area contributed by atoms with E-state index in [1.165, 1.54) is 17.7 Å². The summed E-state index contributed by atoms with van der Waals surface area (Å²) in [6.07, 6.45) is 4.86. The van der Waals surface area contributed by atoms with Crippen LogP contribution in [-0.4, -0.2) is 20.4 Å². The van der Waals surface area contributed by atoms with Crippen molar-refractivity contribution >= 4 is 34.7 Å². The van der Waals surface area contributed by atoms with Gasteiger partial charge in [-0.2, -0.15) is 0 Å². The molecule has 1 aliphatic carbocycles. The number of carboxylic acids is 1. The summed E-state index contributed by atoms with van der Waals surface area (Å²) in [6.45, 7) is 0. The van der Waals surface area contributed by atoms with Crippen LogP contribution < -0.4 is 10.5 Å². The highest BCUT2D eigenvalue weighted by Crippen LogP contribution is 2.49. The number of nitrogens with two attached hydrogens (primary N) is 1. The number of nitrogens with zero attached hydrogens (tertiary/aromatic N) is 2. The van der Waals surface area contributed by atoms with Crippen molar-refractivity contribution in [2.45, 2.75) is 12.8 Å². The maximum atomic E-state index is 11.5. The van der Waals surface area contributed by atoms with E-state index in [9.17, 15) is 9.90 Å². The highest BCUT2D eigenvalue weighted by atomic mass is 32.1. The second-order valence-corrected chi connectivity index (χ2v) is 6.86. The zero-order valence-corrected chi connectivity index (χ0v) is 13.4. The Morgan fingerprint density at radius 3 is 2.91 bits per heavy atom. The smallest absolute Gasteiger partial charge is 0.346 e. The van der Waals surface area contributed by atoms with Gasteiger partial charge in [0.15, 0.2) is 5.06 Å². The van der Waals surface area contributed by atoms with Gasteiger partial charge in [-0.1, -0.05) is 11.3 Å². The molecular weight excluding hydrogens is 334 g/mol. The molecule has 0 unspecified atom stereocenters. The number of aryl methyl sites for hydroxylation is 1. The van der Waals surface area contributed by atoms with Crippen molar-refractivity contribution in [2.24, 2.45) is 0 Å². The molecule has 0 amide bonds. The van der Waals surface area contributed by atoms with Gasteiger partial charge in [-0.05, 0) is 47.6 Å². The van der Waals surface area contributed by atoms with Crippen LogP contribution in [-0.2, 0) is 12.8 Å². The number of carboxylic acid groups (broad SMARTS) is 1. The van der Waals surface area contributed by atoms with Gasteiger partial charge < -0.3 is 15.6 Å². The summed E-state index contributed by atoms with van der Waals surface area (Å²) in [5, 5.41) is 10.0. The number of fused-ring (bicyclic) bond motifs is 3. The molecule has 23 heavy (non-hydrogen) atoms. The standard InChI is InChI=1S/C15H11N3O3S2/c16-10-4-2-8(6-17-10)21-15-11-9(13(22-15)14(19)20)3-1-7-5-18-23-12(7)11/h2,4-6H,1,3H2,(H2,16,17)(H,19,20). The van der Waals surface area contributed by atoms with Crippen LogP contribution in [0.4, 0.5) is 5.82 Å². The molecule has 0 saturated carbocycles. The van der Waals surface area contributed by atoms with Crippen molar-refractivity contribution in [3.63, 3.8) is 0 Å². The molecule has 6 nitrogen and oxygen atoms in total. The van der Waals surface area contributed by atoms with E-state index in [0.29, 0.717) is 27.9 Å². The van der Waals surface area contributed by atoms with Gasteiger partial charge in [-0.3, -0.25) is 0 Å². The molecule has 0 saturated heterocycles. The molecule has 0 bridgehead atoms. The Kier molecular flexibility index (Phi) is 3.28. The van der Waals surface area contributed by atoms with Crippen molar-refractivity contribution in [3.05, 3.63) is 40.5 Å². The van der Waals surface area contributed by atoms with Crippen LogP contribution in [0, 0.1) is 0 Å². The van der Waals surface area contributed by atoms with E-state index in [2.05, 4.69) is 9.36 Å². The first-order chi connectivity index (χ1) is 11.1. The lowest BCUT2D eigenvalue weighted by Gasteiger charge is -2.13. The first-order valence-electron chi connectivity index (χ1n) is 6.85. The number of anilines is 1. The van der Waals surface area contributed by atoms with Crippen molar-refractivity contribution in [3.8, 4) is 21.3 Å². The highest BCUT2D eigenvalue weighted by molar-refractivity contribution is 7.17. The maximum absolute atomic E-state index is 11.5. The van der Waals surface area contributed by atoms with E-state index >= 15 is 0 Å². The fourth-order valence-electron chi connectivity index (χ4n) is 2.62. The van der Waals surface area contributed by atoms with Crippen LogP contribution in [0.5, 0.6) is 10.8 Å². The van der Waals surface area contributed by atoms with Gasteiger partial charge in [0.1, 0.15) is 16.4 Å². The summed E-state index contributed by atoms with van der Waals surface area (Å²) in [5.74, 6) is 0.00264. The van der Waals surface area contributed by atoms with Gasteiger partial charge in [0.2, 0.25) is 0 Å². The first kappa shape index (κ1) is 14.2. The van der Waals surface area contributed by atoms with Crippen molar-refractivity contribution in [1.29, 1.82) is 0 Å². The number of rotatable bonds is 3. The minimum Gasteiger partial charge on any atom is -0.477 e. The van der Waals surface area contributed by atoms with Crippen molar-refractivity contribution in [1.82, 2.24) is 9.36 Å². The molecule has 0 fully saturated rings. The Bertz CT molecular complexity index is 899. The SMILES string of the molecule is Nc1ccc(Oc2sc(C(=O)O)c3c2-c2sncc2CC3)cn1. The van der Waals surface area contributed by atoms with Crippen LogP contribution in [0.25, 0.3) is 10.4 Å². The lowest BCUT2D eigenvalue weighted by Crippen LogP contribution is -2.04. The van der Waals surface area contributed by atoms with Gasteiger partial charge in [-0.25, -0.2) is 14.2 Å². The monoisotopic (exact) mass is 345 g/mol. The van der Waals surface area contributed by atoms with E-state index < -0.39 is 5.97 Å². The Labute approximate surface area is 139 Å². The van der Waals surface area contributed by atoms with Crippen LogP contribution in [0.15, 0.2) is 24.5 Å². The molecule has 3 aromatic heterocycles. The number of aromatic carboxylic acids is 1. The van der Waals surface area contributed by atoms with E-state index in [4.69, 9.17) is 10.5 Å². The summed E-state index contributed by atoms with van der Waals surface area (Å²) in [7, 11) is 0. The summed E-state index contributed by atoms with van der Waals surface area (Å²) >= 11 is 2.52. The van der Waals surface area contributed by atoms with Gasteiger partial charge in [-0.15, -0.1) is 0 Å². The molecule has 1 aliphatic rings. The third-order valence-electron chi connectivity index (χ3n) is 3.65. The zero-order chi connectivity index (χ0) is 16.0. The fraction of sp³-hybridized carbons (Fsp3) is 0.133. The Balaban J connectivity index is 1.84. The zero-order valence-electron chi connectivity index (χ0n) is 11.8. The minimum atomic E-state index is -0.926. The lowest BCUT2D eigenvalue weighted by molar-refractivity contribution is 0.0701. The molecule has 0 aliphatic heterocycles. The Hall–Kier alpha value is -2.45. The minimum absolute atomic E-state index is 0.331. The predicted octanol–water partition coefficient (Wildman–Crippen LogP) is 3.44. The number of carbonyl (C=O) groups is 1. The van der Waals surface area contributed by atoms with Crippen molar-refractivity contribution < 1.29 is 14.6 Å². The van der Waals surface area contributed by atoms with Gasteiger partial charge in [0, 0.05) is 6.20 Å². The van der Waals surface area contributed by atoms with Crippen molar-refractivity contribution in [2.75, 3.05) is 5.73 Å². The summed E-state index contributed by atoms with van der Waals surface area (Å²) in [4.78, 5) is 16.9. The molecule has 3 N–H and O–H groups in total. The number of thiophene rings is 1. The molecule has 4 rings (SSSR count). The number of ether oxygens (including phenoxy) is 1. The third kappa shape index (κ3) is 2.36. The molecular formula is C15H11N3O3S2. The first-order valence-corrected chi connectivity index (χ1v) is 8.44. The largest absolute Gasteiger partial charge is 0.477 e. The highest BCUT2D eigenvalue weighted by Gasteiger charge is 2.30. The third-order valence-corrected chi connectivity index (χ3v) is 5.61. The normalized spacial score (nSPS) is 12.5. The van der Waals surface area contributed by atoms with E-state index in [-0.39, 0.29) is 0 Å². The molecule has 0 spiro atoms. The summed E-state index contributed by atoms with van der Waals surface area (Å²) in [6, 6.07) is 3.36. The fourth-order valence-corrected chi connectivity index (χ4v) is 4.61. The Morgan fingerprint density at radius 2 is 2.17 bits per heavy atom. The van der Waals surface area contributed by atoms with E-state index in [1.54, 1.807) is 12.1 Å². The molecule has 3 heterocycles. The van der Waals surface area contributed by atoms with Crippen LogP contribution >= 0.6 is 22.9 Å². The quantitative estimate of drug-likeness (QED) is 0.754. The molecule has 0 radical (unpaired) electrons. The molecule has 0 aromatic carbocycles. The molecule has 116 valence electrons. The predicted molar refractivity (Wildman–Crippen MR) is 88.5 cm³/mol. The summed E-state index contributed by atoms with van der Waals surface area (Å²) < 4.78 is 10.1. The number of pyridine rings is 1. The number of hydrogen-bond acceptors (Lipinski definition) is 7. The van der Waals surface area contributed by atoms with E-state index in [0.717, 1.165) is 39.3 Å². The molecule has 0 atom stereocenters. The second kappa shape index (κ2) is 5.32. The van der Waals surface area contributed by atoms with E-state index in [1.807, 2.05) is 6.20 Å². The number of hydrogen-bond donors (Lipinski definition) is 2. The maximum Gasteiger partial charge on any atom is 0.346 e. The van der Waals surface area contributed by atoms with Gasteiger partial charge >= 0.3 is 5.97 Å². The average molecular weight is 345 g/mol. The second-order valence-electron chi connectivity index (χ2n) is 5.08. The Morgan fingerprint density at radius 1 is 1.30 bits per heavy atom. The summed E-state index contributed by atoms with van der Waals surface area (Å²) in [5.41, 5.74) is 8.40. The molecule has 3 aromatic rings.